The monoisotopic (exact) mass is 263 g/mol. The van der Waals surface area contributed by atoms with Crippen molar-refractivity contribution >= 4 is 0 Å². The van der Waals surface area contributed by atoms with Crippen LogP contribution in [0.4, 0.5) is 0 Å². The van der Waals surface area contributed by atoms with Crippen LogP contribution >= 0.6 is 0 Å². The average Bonchev–Trinajstić information content (AvgIpc) is 2.98. The molecule has 1 aliphatic rings. The molecule has 1 fully saturated rings. The van der Waals surface area contributed by atoms with Crippen LogP contribution in [-0.4, -0.2) is 32.4 Å². The highest BCUT2D eigenvalue weighted by molar-refractivity contribution is 5.13. The highest BCUT2D eigenvalue weighted by atomic mass is 16.5. The molecule has 0 bridgehead atoms. The predicted octanol–water partition coefficient (Wildman–Crippen LogP) is 2.61. The highest BCUT2D eigenvalue weighted by Crippen LogP contribution is 2.17. The Kier molecular flexibility index (Phi) is 6.34. The van der Waals surface area contributed by atoms with Gasteiger partial charge in [-0.25, -0.2) is 0 Å². The molecule has 0 amide bonds. The number of ether oxygens (including phenoxy) is 2. The topological polar surface area (TPSA) is 30.5 Å². The Morgan fingerprint density at radius 3 is 2.89 bits per heavy atom. The first-order valence-corrected chi connectivity index (χ1v) is 7.33. The minimum Gasteiger partial charge on any atom is -0.381 e. The van der Waals surface area contributed by atoms with Crippen LogP contribution in [0.5, 0.6) is 0 Å². The van der Waals surface area contributed by atoms with E-state index in [1.807, 2.05) is 6.07 Å². The molecule has 0 aromatic heterocycles. The van der Waals surface area contributed by atoms with Gasteiger partial charge in [0.1, 0.15) is 0 Å². The molecular formula is C16H25NO2. The second kappa shape index (κ2) is 8.31. The van der Waals surface area contributed by atoms with E-state index in [2.05, 4.69) is 36.5 Å². The molecule has 1 aliphatic heterocycles. The normalized spacial score (nSPS) is 20.6. The lowest BCUT2D eigenvalue weighted by molar-refractivity contribution is 0.0768. The van der Waals surface area contributed by atoms with Crippen molar-refractivity contribution in [3.8, 4) is 0 Å². The van der Waals surface area contributed by atoms with E-state index >= 15 is 0 Å². The fraction of sp³-hybridized carbons (Fsp3) is 0.625. The van der Waals surface area contributed by atoms with Crippen LogP contribution in [0.15, 0.2) is 30.3 Å². The quantitative estimate of drug-likeness (QED) is 0.782. The molecular weight excluding hydrogens is 238 g/mol. The van der Waals surface area contributed by atoms with Gasteiger partial charge in [-0.1, -0.05) is 37.3 Å². The smallest absolute Gasteiger partial charge is 0.0717 e. The third-order valence-electron chi connectivity index (χ3n) is 3.60. The maximum absolute atomic E-state index is 5.87. The highest BCUT2D eigenvalue weighted by Gasteiger charge is 2.25. The van der Waals surface area contributed by atoms with E-state index in [4.69, 9.17) is 9.47 Å². The molecule has 1 aromatic rings. The molecule has 1 N–H and O–H groups in total. The maximum atomic E-state index is 5.87. The Balaban J connectivity index is 1.75. The number of nitrogens with one attached hydrogen (secondary N) is 1. The first-order valence-electron chi connectivity index (χ1n) is 7.33. The second-order valence-electron chi connectivity index (χ2n) is 5.19. The number of hydrogen-bond acceptors (Lipinski definition) is 3. The molecule has 3 nitrogen and oxygen atoms in total. The molecule has 1 heterocycles. The molecule has 2 unspecified atom stereocenters. The number of hydrogen-bond donors (Lipinski definition) is 1. The van der Waals surface area contributed by atoms with Gasteiger partial charge in [0.15, 0.2) is 0 Å². The summed E-state index contributed by atoms with van der Waals surface area (Å²) in [5.41, 5.74) is 1.24. The summed E-state index contributed by atoms with van der Waals surface area (Å²) in [5.74, 6) is 0.599. The molecule has 19 heavy (non-hydrogen) atoms. The Morgan fingerprint density at radius 1 is 1.37 bits per heavy atom. The Bertz CT molecular complexity index is 336. The van der Waals surface area contributed by atoms with Crippen molar-refractivity contribution in [2.24, 2.45) is 5.92 Å². The van der Waals surface area contributed by atoms with Crippen molar-refractivity contribution in [2.45, 2.75) is 32.4 Å². The van der Waals surface area contributed by atoms with E-state index < -0.39 is 0 Å². The molecule has 0 radical (unpaired) electrons. The molecule has 0 aliphatic carbocycles. The third kappa shape index (κ3) is 4.94. The predicted molar refractivity (Wildman–Crippen MR) is 77.1 cm³/mol. The van der Waals surface area contributed by atoms with Gasteiger partial charge in [-0.3, -0.25) is 0 Å². The maximum Gasteiger partial charge on any atom is 0.0717 e. The van der Waals surface area contributed by atoms with Crippen LogP contribution < -0.4 is 5.32 Å². The zero-order chi connectivity index (χ0) is 13.3. The van der Waals surface area contributed by atoms with Crippen LogP contribution in [0.3, 0.4) is 0 Å². The second-order valence-corrected chi connectivity index (χ2v) is 5.19. The van der Waals surface area contributed by atoms with Gasteiger partial charge in [-0.15, -0.1) is 0 Å². The lowest BCUT2D eigenvalue weighted by Crippen LogP contribution is -2.40. The molecule has 2 rings (SSSR count). The minimum absolute atomic E-state index is 0.422. The molecule has 3 heteroatoms. The molecule has 2 atom stereocenters. The molecule has 106 valence electrons. The first-order chi connectivity index (χ1) is 9.40. The Labute approximate surface area is 116 Å². The van der Waals surface area contributed by atoms with E-state index in [1.165, 1.54) is 5.56 Å². The first kappa shape index (κ1) is 14.5. The SMILES string of the molecule is CCCNC(COCc1ccccc1)C1CCOC1. The van der Waals surface area contributed by atoms with Crippen LogP contribution in [0.25, 0.3) is 0 Å². The van der Waals surface area contributed by atoms with E-state index in [9.17, 15) is 0 Å². The fourth-order valence-corrected chi connectivity index (χ4v) is 2.44. The van der Waals surface area contributed by atoms with Gasteiger partial charge in [0.25, 0.3) is 0 Å². The lowest BCUT2D eigenvalue weighted by atomic mass is 9.99. The zero-order valence-electron chi connectivity index (χ0n) is 11.8. The summed E-state index contributed by atoms with van der Waals surface area (Å²) in [6.45, 7) is 6.47. The molecule has 0 saturated carbocycles. The Hall–Kier alpha value is -0.900. The van der Waals surface area contributed by atoms with Crippen molar-refractivity contribution in [3.63, 3.8) is 0 Å². The zero-order valence-corrected chi connectivity index (χ0v) is 11.8. The number of rotatable bonds is 8. The van der Waals surface area contributed by atoms with Gasteiger partial charge in [-0.05, 0) is 24.9 Å². The van der Waals surface area contributed by atoms with Crippen molar-refractivity contribution in [2.75, 3.05) is 26.4 Å². The largest absolute Gasteiger partial charge is 0.381 e. The van der Waals surface area contributed by atoms with Gasteiger partial charge in [0.05, 0.1) is 19.8 Å². The third-order valence-corrected chi connectivity index (χ3v) is 3.60. The Morgan fingerprint density at radius 2 is 2.21 bits per heavy atom. The van der Waals surface area contributed by atoms with Gasteiger partial charge >= 0.3 is 0 Å². The molecule has 1 aromatic carbocycles. The van der Waals surface area contributed by atoms with E-state index in [1.54, 1.807) is 0 Å². The van der Waals surface area contributed by atoms with Gasteiger partial charge in [0.2, 0.25) is 0 Å². The van der Waals surface area contributed by atoms with Crippen LogP contribution in [0.1, 0.15) is 25.3 Å². The average molecular weight is 263 g/mol. The summed E-state index contributed by atoms with van der Waals surface area (Å²) >= 11 is 0. The van der Waals surface area contributed by atoms with Crippen molar-refractivity contribution in [1.82, 2.24) is 5.32 Å². The fourth-order valence-electron chi connectivity index (χ4n) is 2.44. The van der Waals surface area contributed by atoms with Crippen LogP contribution in [-0.2, 0) is 16.1 Å². The summed E-state index contributed by atoms with van der Waals surface area (Å²) in [7, 11) is 0. The minimum atomic E-state index is 0.422. The summed E-state index contributed by atoms with van der Waals surface area (Å²) in [6.07, 6.45) is 2.30. The molecule has 0 spiro atoms. The summed E-state index contributed by atoms with van der Waals surface area (Å²) in [4.78, 5) is 0. The number of benzene rings is 1. The lowest BCUT2D eigenvalue weighted by Gasteiger charge is -2.23. The van der Waals surface area contributed by atoms with Crippen molar-refractivity contribution in [1.29, 1.82) is 0 Å². The van der Waals surface area contributed by atoms with Gasteiger partial charge < -0.3 is 14.8 Å². The summed E-state index contributed by atoms with van der Waals surface area (Å²) in [6, 6.07) is 10.8. The molecule has 1 saturated heterocycles. The van der Waals surface area contributed by atoms with E-state index in [0.717, 1.165) is 39.2 Å². The van der Waals surface area contributed by atoms with Crippen molar-refractivity contribution < 1.29 is 9.47 Å². The van der Waals surface area contributed by atoms with Gasteiger partial charge in [-0.2, -0.15) is 0 Å². The van der Waals surface area contributed by atoms with Crippen LogP contribution in [0, 0.1) is 5.92 Å². The standard InChI is InChI=1S/C16H25NO2/c1-2-9-17-16(15-8-10-18-12-15)13-19-11-14-6-4-3-5-7-14/h3-7,15-17H,2,8-13H2,1H3. The van der Waals surface area contributed by atoms with Gasteiger partial charge in [0, 0.05) is 18.6 Å². The van der Waals surface area contributed by atoms with Crippen molar-refractivity contribution in [3.05, 3.63) is 35.9 Å². The van der Waals surface area contributed by atoms with E-state index in [0.29, 0.717) is 18.6 Å². The van der Waals surface area contributed by atoms with Crippen LogP contribution in [0.2, 0.25) is 0 Å². The summed E-state index contributed by atoms with van der Waals surface area (Å²) in [5, 5.41) is 3.59. The van der Waals surface area contributed by atoms with E-state index in [-0.39, 0.29) is 0 Å². The summed E-state index contributed by atoms with van der Waals surface area (Å²) < 4.78 is 11.4.